The highest BCUT2D eigenvalue weighted by Gasteiger charge is 2.09. The van der Waals surface area contributed by atoms with E-state index < -0.39 is 0 Å². The van der Waals surface area contributed by atoms with Crippen LogP contribution >= 0.6 is 0 Å². The van der Waals surface area contributed by atoms with Crippen molar-refractivity contribution in [1.82, 2.24) is 15.1 Å². The van der Waals surface area contributed by atoms with E-state index in [1.807, 2.05) is 6.92 Å². The van der Waals surface area contributed by atoms with E-state index >= 15 is 0 Å². The minimum Gasteiger partial charge on any atom is -0.465 e. The average Bonchev–Trinajstić information content (AvgIpc) is 2.64. The molecule has 0 amide bonds. The summed E-state index contributed by atoms with van der Waals surface area (Å²) in [6.07, 6.45) is 0. The van der Waals surface area contributed by atoms with Crippen molar-refractivity contribution in [3.63, 3.8) is 0 Å². The fourth-order valence-electron chi connectivity index (χ4n) is 1.82. The normalized spacial score (nSPS) is 11.7. The van der Waals surface area contributed by atoms with Crippen LogP contribution in [0.15, 0.2) is 10.5 Å². The van der Waals surface area contributed by atoms with Crippen molar-refractivity contribution in [1.29, 1.82) is 0 Å². The van der Waals surface area contributed by atoms with E-state index in [0.717, 1.165) is 44.2 Å². The Morgan fingerprint density at radius 3 is 2.56 bits per heavy atom. The third kappa shape index (κ3) is 5.21. The molecular formula is C14H27N3O. The topological polar surface area (TPSA) is 31.6 Å². The molecule has 0 aliphatic rings. The van der Waals surface area contributed by atoms with Crippen LogP contribution in [0.3, 0.4) is 0 Å². The maximum Gasteiger partial charge on any atom is 0.118 e. The van der Waals surface area contributed by atoms with Crippen molar-refractivity contribution >= 4 is 0 Å². The summed E-state index contributed by atoms with van der Waals surface area (Å²) in [4.78, 5) is 4.48. The molecule has 1 aromatic rings. The van der Waals surface area contributed by atoms with Crippen LogP contribution in [0, 0.1) is 6.92 Å². The summed E-state index contributed by atoms with van der Waals surface area (Å²) >= 11 is 0. The zero-order valence-electron chi connectivity index (χ0n) is 12.4. The standard InChI is InChI=1S/C14H27N3O/c1-6-15-10-13-9-14(18-12(13)2)11-17(5)8-7-16(3)4/h9,15H,6-8,10-11H2,1-5H3. The molecule has 0 fully saturated rings. The molecule has 1 heterocycles. The van der Waals surface area contributed by atoms with Gasteiger partial charge in [-0.1, -0.05) is 6.92 Å². The van der Waals surface area contributed by atoms with Crippen LogP contribution in [0.1, 0.15) is 24.0 Å². The Hall–Kier alpha value is -0.840. The number of nitrogens with zero attached hydrogens (tertiary/aromatic N) is 2. The Bertz CT molecular complexity index is 347. The van der Waals surface area contributed by atoms with Gasteiger partial charge in [-0.05, 0) is 40.7 Å². The summed E-state index contributed by atoms with van der Waals surface area (Å²) in [5, 5.41) is 3.33. The second kappa shape index (κ2) is 7.56. The molecule has 1 rings (SSSR count). The predicted octanol–water partition coefficient (Wildman–Crippen LogP) is 1.69. The van der Waals surface area contributed by atoms with Crippen molar-refractivity contribution in [3.05, 3.63) is 23.2 Å². The van der Waals surface area contributed by atoms with Gasteiger partial charge in [0.15, 0.2) is 0 Å². The van der Waals surface area contributed by atoms with E-state index in [0.29, 0.717) is 0 Å². The van der Waals surface area contributed by atoms with Crippen LogP contribution < -0.4 is 5.32 Å². The van der Waals surface area contributed by atoms with Gasteiger partial charge >= 0.3 is 0 Å². The van der Waals surface area contributed by atoms with Gasteiger partial charge in [-0.15, -0.1) is 0 Å². The molecule has 0 radical (unpaired) electrons. The molecule has 1 aromatic heterocycles. The first-order chi connectivity index (χ1) is 8.52. The van der Waals surface area contributed by atoms with Gasteiger partial charge in [-0.2, -0.15) is 0 Å². The van der Waals surface area contributed by atoms with Gasteiger partial charge < -0.3 is 14.6 Å². The fraction of sp³-hybridized carbons (Fsp3) is 0.714. The van der Waals surface area contributed by atoms with Gasteiger partial charge in [0.25, 0.3) is 0 Å². The van der Waals surface area contributed by atoms with Crippen molar-refractivity contribution < 1.29 is 4.42 Å². The Morgan fingerprint density at radius 1 is 1.22 bits per heavy atom. The number of furan rings is 1. The quantitative estimate of drug-likeness (QED) is 0.764. The number of hydrogen-bond donors (Lipinski definition) is 1. The Labute approximate surface area is 111 Å². The monoisotopic (exact) mass is 253 g/mol. The van der Waals surface area contributed by atoms with E-state index in [1.165, 1.54) is 5.56 Å². The summed E-state index contributed by atoms with van der Waals surface area (Å²) in [5.74, 6) is 2.09. The van der Waals surface area contributed by atoms with Crippen LogP contribution in [-0.4, -0.2) is 50.6 Å². The summed E-state index contributed by atoms with van der Waals surface area (Å²) in [5.41, 5.74) is 1.27. The van der Waals surface area contributed by atoms with Crippen LogP contribution in [0.5, 0.6) is 0 Å². The summed E-state index contributed by atoms with van der Waals surface area (Å²) in [7, 11) is 6.32. The molecule has 0 aromatic carbocycles. The third-order valence-corrected chi connectivity index (χ3v) is 2.99. The first-order valence-electron chi connectivity index (χ1n) is 6.65. The molecule has 104 valence electrons. The molecule has 18 heavy (non-hydrogen) atoms. The second-order valence-corrected chi connectivity index (χ2v) is 5.12. The molecule has 0 saturated heterocycles. The van der Waals surface area contributed by atoms with Gasteiger partial charge in [-0.3, -0.25) is 4.90 Å². The van der Waals surface area contributed by atoms with E-state index in [1.54, 1.807) is 0 Å². The van der Waals surface area contributed by atoms with Crippen molar-refractivity contribution in [2.24, 2.45) is 0 Å². The Kier molecular flexibility index (Phi) is 6.39. The van der Waals surface area contributed by atoms with Crippen molar-refractivity contribution in [2.45, 2.75) is 26.9 Å². The molecular weight excluding hydrogens is 226 g/mol. The van der Waals surface area contributed by atoms with E-state index in [9.17, 15) is 0 Å². The largest absolute Gasteiger partial charge is 0.465 e. The number of aryl methyl sites for hydroxylation is 1. The summed E-state index contributed by atoms with van der Waals surface area (Å²) < 4.78 is 5.79. The Morgan fingerprint density at radius 2 is 1.94 bits per heavy atom. The number of rotatable bonds is 8. The van der Waals surface area contributed by atoms with Gasteiger partial charge in [0.2, 0.25) is 0 Å². The Balaban J connectivity index is 2.46. The molecule has 4 heteroatoms. The maximum absolute atomic E-state index is 5.79. The number of likely N-dealkylation sites (N-methyl/N-ethyl adjacent to an activating group) is 2. The molecule has 0 atom stereocenters. The zero-order valence-corrected chi connectivity index (χ0v) is 12.4. The lowest BCUT2D eigenvalue weighted by molar-refractivity contribution is 0.257. The van der Waals surface area contributed by atoms with Crippen molar-refractivity contribution in [3.8, 4) is 0 Å². The molecule has 0 aliphatic heterocycles. The summed E-state index contributed by atoms with van der Waals surface area (Å²) in [6, 6.07) is 2.17. The van der Waals surface area contributed by atoms with Gasteiger partial charge in [-0.25, -0.2) is 0 Å². The molecule has 1 N–H and O–H groups in total. The average molecular weight is 253 g/mol. The lowest BCUT2D eigenvalue weighted by atomic mass is 10.2. The minimum absolute atomic E-state index is 0.876. The predicted molar refractivity (Wildman–Crippen MR) is 75.7 cm³/mol. The van der Waals surface area contributed by atoms with Crippen LogP contribution in [0.25, 0.3) is 0 Å². The van der Waals surface area contributed by atoms with E-state index in [4.69, 9.17) is 4.42 Å². The highest BCUT2D eigenvalue weighted by molar-refractivity contribution is 5.20. The van der Waals surface area contributed by atoms with Gasteiger partial charge in [0.1, 0.15) is 11.5 Å². The highest BCUT2D eigenvalue weighted by atomic mass is 16.3. The van der Waals surface area contributed by atoms with Crippen molar-refractivity contribution in [2.75, 3.05) is 40.8 Å². The van der Waals surface area contributed by atoms with Crippen LogP contribution in [0.4, 0.5) is 0 Å². The smallest absolute Gasteiger partial charge is 0.118 e. The molecule has 0 spiro atoms. The molecule has 0 unspecified atom stereocenters. The molecule has 0 saturated carbocycles. The molecule has 0 bridgehead atoms. The highest BCUT2D eigenvalue weighted by Crippen LogP contribution is 2.15. The van der Waals surface area contributed by atoms with Gasteiger partial charge in [0.05, 0.1) is 6.54 Å². The maximum atomic E-state index is 5.79. The SMILES string of the molecule is CCNCc1cc(CN(C)CCN(C)C)oc1C. The second-order valence-electron chi connectivity index (χ2n) is 5.12. The summed E-state index contributed by atoms with van der Waals surface area (Å²) in [6.45, 7) is 9.04. The minimum atomic E-state index is 0.876. The number of hydrogen-bond acceptors (Lipinski definition) is 4. The molecule has 0 aliphatic carbocycles. The zero-order chi connectivity index (χ0) is 13.5. The van der Waals surface area contributed by atoms with E-state index in [-0.39, 0.29) is 0 Å². The lowest BCUT2D eigenvalue weighted by Crippen LogP contribution is -2.28. The van der Waals surface area contributed by atoms with Gasteiger partial charge in [0, 0.05) is 25.2 Å². The lowest BCUT2D eigenvalue weighted by Gasteiger charge is -2.17. The molecule has 4 nitrogen and oxygen atoms in total. The number of nitrogens with one attached hydrogen (secondary N) is 1. The first kappa shape index (κ1) is 15.2. The van der Waals surface area contributed by atoms with E-state index in [2.05, 4.69) is 49.2 Å². The van der Waals surface area contributed by atoms with Crippen LogP contribution in [0.2, 0.25) is 0 Å². The third-order valence-electron chi connectivity index (χ3n) is 2.99. The van der Waals surface area contributed by atoms with Crippen LogP contribution in [-0.2, 0) is 13.1 Å². The fourth-order valence-corrected chi connectivity index (χ4v) is 1.82. The first-order valence-corrected chi connectivity index (χ1v) is 6.65.